The predicted octanol–water partition coefficient (Wildman–Crippen LogP) is 2.45. The fourth-order valence-corrected chi connectivity index (χ4v) is 5.50. The molecule has 1 aliphatic heterocycles. The molecule has 10 heteroatoms. The number of carboxylic acid groups (broad SMARTS) is 1. The number of carbonyl (C=O) groups is 1. The molecule has 2 N–H and O–H groups in total. The van der Waals surface area contributed by atoms with Gasteiger partial charge in [0, 0.05) is 37.9 Å². The number of hydrogen-bond donors (Lipinski definition) is 2. The molecule has 1 fully saturated rings. The molecule has 3 rings (SSSR count). The second-order valence-corrected chi connectivity index (χ2v) is 9.89. The van der Waals surface area contributed by atoms with E-state index in [2.05, 4.69) is 15.3 Å². The first-order chi connectivity index (χ1) is 15.4. The van der Waals surface area contributed by atoms with E-state index in [1.165, 1.54) is 4.31 Å². The molecule has 1 amide bonds. The van der Waals surface area contributed by atoms with Crippen molar-refractivity contribution in [3.63, 3.8) is 0 Å². The van der Waals surface area contributed by atoms with Gasteiger partial charge in [0.1, 0.15) is 5.82 Å². The van der Waals surface area contributed by atoms with Crippen molar-refractivity contribution in [3.8, 4) is 0 Å². The lowest BCUT2D eigenvalue weighted by molar-refractivity contribution is 0.0102. The van der Waals surface area contributed by atoms with Gasteiger partial charge in [0.25, 0.3) is 0 Å². The minimum atomic E-state index is -3.59. The van der Waals surface area contributed by atoms with E-state index in [4.69, 9.17) is 9.84 Å². The Morgan fingerprint density at radius 1 is 1.16 bits per heavy atom. The third-order valence-corrected chi connectivity index (χ3v) is 7.41. The van der Waals surface area contributed by atoms with Gasteiger partial charge in [-0.15, -0.1) is 0 Å². The summed E-state index contributed by atoms with van der Waals surface area (Å²) in [5.41, 5.74) is 1.09. The van der Waals surface area contributed by atoms with Crippen LogP contribution in [0.25, 0.3) is 0 Å². The largest absolute Gasteiger partial charge is 0.465 e. The normalized spacial score (nSPS) is 16.5. The molecule has 0 radical (unpaired) electrons. The molecule has 1 saturated heterocycles. The summed E-state index contributed by atoms with van der Waals surface area (Å²) in [7, 11) is -3.59. The Hall–Kier alpha value is -2.56. The zero-order chi connectivity index (χ0) is 22.8. The molecule has 1 aromatic carbocycles. The summed E-state index contributed by atoms with van der Waals surface area (Å²) in [6, 6.07) is 10.9. The van der Waals surface area contributed by atoms with E-state index in [0.717, 1.165) is 5.56 Å². The highest BCUT2D eigenvalue weighted by atomic mass is 32.2. The van der Waals surface area contributed by atoms with Crippen LogP contribution in [0.5, 0.6) is 0 Å². The van der Waals surface area contributed by atoms with Crippen molar-refractivity contribution < 1.29 is 23.1 Å². The lowest BCUT2D eigenvalue weighted by atomic mass is 10.1. The van der Waals surface area contributed by atoms with Crippen molar-refractivity contribution in [2.24, 2.45) is 0 Å². The van der Waals surface area contributed by atoms with Crippen molar-refractivity contribution in [2.45, 2.75) is 50.9 Å². The number of hydrogen-bond acceptors (Lipinski definition) is 6. The first-order valence-electron chi connectivity index (χ1n) is 10.8. The standard InChI is InChI=1S/C22H30N4O5S/c27-22(28)25-19(8-4-9-21-23-12-5-13-24-21)17-32(29,30)26-14-10-20(11-15-26)31-16-18-6-2-1-3-7-18/h1-3,5-7,12-13,19-20,25H,4,8-11,14-17H2,(H,27,28). The van der Waals surface area contributed by atoms with Gasteiger partial charge in [-0.1, -0.05) is 30.3 Å². The monoisotopic (exact) mass is 462 g/mol. The van der Waals surface area contributed by atoms with E-state index in [-0.39, 0.29) is 11.9 Å². The van der Waals surface area contributed by atoms with E-state index < -0.39 is 22.2 Å². The number of sulfonamides is 1. The van der Waals surface area contributed by atoms with Gasteiger partial charge in [0.05, 0.1) is 18.5 Å². The molecular formula is C22H30N4O5S. The van der Waals surface area contributed by atoms with Crippen LogP contribution in [-0.4, -0.2) is 64.9 Å². The number of aryl methyl sites for hydroxylation is 1. The maximum Gasteiger partial charge on any atom is 0.404 e. The Labute approximate surface area is 188 Å². The Bertz CT molecular complexity index is 935. The number of nitrogens with zero attached hydrogens (tertiary/aromatic N) is 3. The van der Waals surface area contributed by atoms with Gasteiger partial charge in [0.15, 0.2) is 0 Å². The predicted molar refractivity (Wildman–Crippen MR) is 120 cm³/mol. The molecule has 0 spiro atoms. The minimum Gasteiger partial charge on any atom is -0.465 e. The third kappa shape index (κ3) is 7.85. The fourth-order valence-electron chi connectivity index (χ4n) is 3.76. The van der Waals surface area contributed by atoms with E-state index >= 15 is 0 Å². The van der Waals surface area contributed by atoms with Crippen LogP contribution in [-0.2, 0) is 27.8 Å². The van der Waals surface area contributed by atoms with Crippen LogP contribution in [0.15, 0.2) is 48.8 Å². The van der Waals surface area contributed by atoms with Crippen molar-refractivity contribution >= 4 is 16.1 Å². The van der Waals surface area contributed by atoms with E-state index in [1.54, 1.807) is 18.5 Å². The van der Waals surface area contributed by atoms with Gasteiger partial charge in [0.2, 0.25) is 10.0 Å². The molecule has 1 atom stereocenters. The smallest absolute Gasteiger partial charge is 0.404 e. The van der Waals surface area contributed by atoms with E-state index in [9.17, 15) is 13.2 Å². The molecule has 0 bridgehead atoms. The Morgan fingerprint density at radius 3 is 2.50 bits per heavy atom. The molecule has 1 aromatic heterocycles. The van der Waals surface area contributed by atoms with Gasteiger partial charge in [-0.25, -0.2) is 27.5 Å². The summed E-state index contributed by atoms with van der Waals surface area (Å²) in [4.78, 5) is 19.5. The Morgan fingerprint density at radius 2 is 1.84 bits per heavy atom. The summed E-state index contributed by atoms with van der Waals surface area (Å²) in [5, 5.41) is 11.5. The van der Waals surface area contributed by atoms with E-state index in [0.29, 0.717) is 57.6 Å². The summed E-state index contributed by atoms with van der Waals surface area (Å²) < 4.78 is 33.2. The number of benzene rings is 1. The number of amides is 1. The quantitative estimate of drug-likeness (QED) is 0.526. The fraction of sp³-hybridized carbons (Fsp3) is 0.500. The lowest BCUT2D eigenvalue weighted by Gasteiger charge is -2.32. The maximum atomic E-state index is 12.9. The summed E-state index contributed by atoms with van der Waals surface area (Å²) in [6.07, 6.45) is 4.85. The molecule has 0 saturated carbocycles. The SMILES string of the molecule is O=C(O)NC(CCCc1ncccn1)CS(=O)(=O)N1CCC(OCc2ccccc2)CC1. The molecule has 174 valence electrons. The molecule has 0 aliphatic carbocycles. The molecule has 9 nitrogen and oxygen atoms in total. The topological polar surface area (TPSA) is 122 Å². The zero-order valence-electron chi connectivity index (χ0n) is 18.0. The molecule has 32 heavy (non-hydrogen) atoms. The van der Waals surface area contributed by atoms with E-state index in [1.807, 2.05) is 30.3 Å². The molecular weight excluding hydrogens is 432 g/mol. The van der Waals surface area contributed by atoms with Crippen LogP contribution in [0.2, 0.25) is 0 Å². The number of ether oxygens (including phenoxy) is 1. The molecule has 2 heterocycles. The molecule has 2 aromatic rings. The van der Waals surface area contributed by atoms with Crippen molar-refractivity contribution in [1.29, 1.82) is 0 Å². The maximum absolute atomic E-state index is 12.9. The average Bonchev–Trinajstić information content (AvgIpc) is 2.79. The van der Waals surface area contributed by atoms with Crippen LogP contribution in [0.3, 0.4) is 0 Å². The first kappa shape index (κ1) is 24.1. The first-order valence-corrected chi connectivity index (χ1v) is 12.4. The second-order valence-electron chi connectivity index (χ2n) is 7.88. The second kappa shape index (κ2) is 11.9. The van der Waals surface area contributed by atoms with Crippen LogP contribution in [0.4, 0.5) is 4.79 Å². The van der Waals surface area contributed by atoms with Gasteiger partial charge in [-0.2, -0.15) is 0 Å². The van der Waals surface area contributed by atoms with Gasteiger partial charge >= 0.3 is 6.09 Å². The van der Waals surface area contributed by atoms with Crippen LogP contribution in [0.1, 0.15) is 37.1 Å². The van der Waals surface area contributed by atoms with Crippen LogP contribution < -0.4 is 5.32 Å². The minimum absolute atomic E-state index is 0.0143. The zero-order valence-corrected chi connectivity index (χ0v) is 18.8. The molecule has 1 unspecified atom stereocenters. The van der Waals surface area contributed by atoms with Gasteiger partial charge < -0.3 is 15.2 Å². The van der Waals surface area contributed by atoms with Gasteiger partial charge in [-0.05, 0) is 37.3 Å². The summed E-state index contributed by atoms with van der Waals surface area (Å²) in [5.74, 6) is 0.395. The highest BCUT2D eigenvalue weighted by molar-refractivity contribution is 7.89. The summed E-state index contributed by atoms with van der Waals surface area (Å²) >= 11 is 0. The lowest BCUT2D eigenvalue weighted by Crippen LogP contribution is -2.47. The Kier molecular flexibility index (Phi) is 8.95. The highest BCUT2D eigenvalue weighted by Gasteiger charge is 2.31. The third-order valence-electron chi connectivity index (χ3n) is 5.43. The van der Waals surface area contributed by atoms with Gasteiger partial charge in [-0.3, -0.25) is 0 Å². The number of rotatable bonds is 11. The van der Waals surface area contributed by atoms with Crippen molar-refractivity contribution in [2.75, 3.05) is 18.8 Å². The molecule has 1 aliphatic rings. The van der Waals surface area contributed by atoms with Crippen LogP contribution in [0, 0.1) is 0 Å². The van der Waals surface area contributed by atoms with Crippen LogP contribution >= 0.6 is 0 Å². The average molecular weight is 463 g/mol. The van der Waals surface area contributed by atoms with Crippen molar-refractivity contribution in [1.82, 2.24) is 19.6 Å². The highest BCUT2D eigenvalue weighted by Crippen LogP contribution is 2.19. The number of piperidine rings is 1. The number of aromatic nitrogens is 2. The van der Waals surface area contributed by atoms with Crippen molar-refractivity contribution in [3.05, 3.63) is 60.2 Å². The number of nitrogens with one attached hydrogen (secondary N) is 1. The Balaban J connectivity index is 1.47. The summed E-state index contributed by atoms with van der Waals surface area (Å²) in [6.45, 7) is 1.26.